The summed E-state index contributed by atoms with van der Waals surface area (Å²) in [6, 6.07) is 14.9. The Bertz CT molecular complexity index is 1390. The van der Waals surface area contributed by atoms with Gasteiger partial charge in [0.1, 0.15) is 18.2 Å². The van der Waals surface area contributed by atoms with E-state index in [9.17, 15) is 18.5 Å². The van der Waals surface area contributed by atoms with E-state index in [1.165, 1.54) is 13.0 Å². The molecule has 0 spiro atoms. The Morgan fingerprint density at radius 2 is 1.94 bits per heavy atom. The topological polar surface area (TPSA) is 131 Å². The summed E-state index contributed by atoms with van der Waals surface area (Å²) in [5, 5.41) is 19.2. The molecule has 9 nitrogen and oxygen atoms in total. The third kappa shape index (κ3) is 6.88. The second-order valence-corrected chi connectivity index (χ2v) is 10.7. The zero-order chi connectivity index (χ0) is 25.4. The van der Waals surface area contributed by atoms with Crippen LogP contribution in [0.5, 0.6) is 11.5 Å². The number of sulfone groups is 1. The monoisotopic (exact) mass is 512 g/mol. The minimum Gasteiger partial charge on any atom is -0.490 e. The maximum atomic E-state index is 12.6. The lowest BCUT2D eigenvalue weighted by atomic mass is 10.1. The van der Waals surface area contributed by atoms with E-state index in [1.54, 1.807) is 18.2 Å². The molecule has 0 fully saturated rings. The van der Waals surface area contributed by atoms with Gasteiger partial charge < -0.3 is 9.47 Å². The Kier molecular flexibility index (Phi) is 8.57. The maximum Gasteiger partial charge on any atom is 0.268 e. The van der Waals surface area contributed by atoms with Crippen LogP contribution in [0.15, 0.2) is 52.4 Å². The van der Waals surface area contributed by atoms with Crippen LogP contribution in [0.4, 0.5) is 5.13 Å². The van der Waals surface area contributed by atoms with Crippen LogP contribution in [0.25, 0.3) is 6.08 Å². The molecule has 35 heavy (non-hydrogen) atoms. The fourth-order valence-corrected chi connectivity index (χ4v) is 4.94. The lowest BCUT2D eigenvalue weighted by Crippen LogP contribution is -2.13. The van der Waals surface area contributed by atoms with Crippen molar-refractivity contribution in [1.29, 1.82) is 5.26 Å². The van der Waals surface area contributed by atoms with Gasteiger partial charge in [0.25, 0.3) is 5.91 Å². The highest BCUT2D eigenvalue weighted by Crippen LogP contribution is 2.30. The highest BCUT2D eigenvalue weighted by Gasteiger charge is 2.20. The van der Waals surface area contributed by atoms with Crippen LogP contribution < -0.4 is 14.8 Å². The van der Waals surface area contributed by atoms with Gasteiger partial charge in [-0.05, 0) is 43.2 Å². The SMILES string of the molecule is CCOc1cc(C=C(C#N)C(=O)Nc2nnc(S(=O)(=O)CC)s2)ccc1OCc1cccc(C)c1. The molecule has 0 atom stereocenters. The number of carbonyl (C=O) groups excluding carboxylic acids is 1. The first-order chi connectivity index (χ1) is 16.7. The number of rotatable bonds is 10. The number of ether oxygens (including phenoxy) is 2. The number of benzene rings is 2. The van der Waals surface area contributed by atoms with E-state index in [2.05, 4.69) is 15.5 Å². The summed E-state index contributed by atoms with van der Waals surface area (Å²) in [5.41, 5.74) is 2.51. The van der Waals surface area contributed by atoms with Gasteiger partial charge >= 0.3 is 0 Å². The van der Waals surface area contributed by atoms with Crippen LogP contribution in [-0.2, 0) is 21.2 Å². The first kappa shape index (κ1) is 25.9. The van der Waals surface area contributed by atoms with E-state index in [0.29, 0.717) is 30.3 Å². The van der Waals surface area contributed by atoms with Crippen molar-refractivity contribution in [2.75, 3.05) is 17.7 Å². The predicted octanol–water partition coefficient (Wildman–Crippen LogP) is 4.16. The van der Waals surface area contributed by atoms with Gasteiger partial charge in [-0.25, -0.2) is 8.42 Å². The van der Waals surface area contributed by atoms with E-state index in [4.69, 9.17) is 9.47 Å². The van der Waals surface area contributed by atoms with Gasteiger partial charge in [-0.15, -0.1) is 10.2 Å². The Morgan fingerprint density at radius 3 is 2.63 bits per heavy atom. The quantitative estimate of drug-likeness (QED) is 0.243. The number of carbonyl (C=O) groups is 1. The summed E-state index contributed by atoms with van der Waals surface area (Å²) < 4.78 is 35.2. The molecule has 0 saturated heterocycles. The fourth-order valence-electron chi connectivity index (χ4n) is 2.95. The third-order valence-corrected chi connectivity index (χ3v) is 7.71. The summed E-state index contributed by atoms with van der Waals surface area (Å²) in [4.78, 5) is 12.6. The van der Waals surface area contributed by atoms with Gasteiger partial charge in [0.15, 0.2) is 11.5 Å². The van der Waals surface area contributed by atoms with Gasteiger partial charge in [0.2, 0.25) is 19.3 Å². The van der Waals surface area contributed by atoms with Crippen molar-refractivity contribution in [3.05, 3.63) is 64.7 Å². The summed E-state index contributed by atoms with van der Waals surface area (Å²) in [6.07, 6.45) is 1.40. The number of nitriles is 1. The zero-order valence-corrected chi connectivity index (χ0v) is 21.1. The molecule has 0 unspecified atom stereocenters. The number of nitrogens with zero attached hydrogens (tertiary/aromatic N) is 3. The minimum atomic E-state index is -3.54. The molecule has 1 heterocycles. The largest absolute Gasteiger partial charge is 0.490 e. The van der Waals surface area contributed by atoms with E-state index >= 15 is 0 Å². The molecule has 0 bridgehead atoms. The molecule has 0 aliphatic rings. The standard InChI is InChI=1S/C24H24N4O5S2/c1-4-32-21-13-17(9-10-20(21)33-15-18-8-6-7-16(3)11-18)12-19(14-25)22(29)26-23-27-28-24(34-23)35(30,31)5-2/h6-13H,4-5,15H2,1-3H3,(H,26,27,29). The first-order valence-electron chi connectivity index (χ1n) is 10.7. The molecule has 1 N–H and O–H groups in total. The number of amides is 1. The van der Waals surface area contributed by atoms with Crippen molar-refractivity contribution in [2.24, 2.45) is 0 Å². The average Bonchev–Trinajstić information content (AvgIpc) is 3.31. The molecule has 2 aromatic carbocycles. The number of aryl methyl sites for hydroxylation is 1. The fraction of sp³-hybridized carbons (Fsp3) is 0.250. The summed E-state index contributed by atoms with van der Waals surface area (Å²) in [5.74, 6) is 0.144. The number of nitrogens with one attached hydrogen (secondary N) is 1. The van der Waals surface area contributed by atoms with Gasteiger partial charge in [-0.1, -0.05) is 54.2 Å². The first-order valence-corrected chi connectivity index (χ1v) is 13.2. The predicted molar refractivity (Wildman–Crippen MR) is 133 cm³/mol. The molecule has 0 saturated carbocycles. The molecule has 3 rings (SSSR count). The van der Waals surface area contributed by atoms with Crippen molar-refractivity contribution in [1.82, 2.24) is 10.2 Å². The van der Waals surface area contributed by atoms with Crippen LogP contribution in [-0.4, -0.2) is 36.9 Å². The van der Waals surface area contributed by atoms with Crippen LogP contribution in [0, 0.1) is 18.3 Å². The van der Waals surface area contributed by atoms with E-state index in [0.717, 1.165) is 22.5 Å². The highest BCUT2D eigenvalue weighted by atomic mass is 32.2. The lowest BCUT2D eigenvalue weighted by Gasteiger charge is -2.13. The van der Waals surface area contributed by atoms with Crippen LogP contribution in [0.1, 0.15) is 30.5 Å². The van der Waals surface area contributed by atoms with Crippen molar-refractivity contribution in [3.63, 3.8) is 0 Å². The van der Waals surface area contributed by atoms with Gasteiger partial charge in [0, 0.05) is 0 Å². The van der Waals surface area contributed by atoms with E-state index in [1.807, 2.05) is 44.2 Å². The second kappa shape index (κ2) is 11.6. The molecule has 0 aliphatic carbocycles. The van der Waals surface area contributed by atoms with Crippen molar-refractivity contribution in [2.45, 2.75) is 31.7 Å². The highest BCUT2D eigenvalue weighted by molar-refractivity contribution is 7.93. The molecule has 3 aromatic rings. The van der Waals surface area contributed by atoms with Gasteiger partial charge in [-0.2, -0.15) is 5.26 Å². The Balaban J connectivity index is 1.77. The lowest BCUT2D eigenvalue weighted by molar-refractivity contribution is -0.112. The van der Waals surface area contributed by atoms with Crippen LogP contribution in [0.2, 0.25) is 0 Å². The summed E-state index contributed by atoms with van der Waals surface area (Å²) in [6.45, 7) is 6.10. The third-order valence-electron chi connectivity index (χ3n) is 4.69. The second-order valence-electron chi connectivity index (χ2n) is 7.32. The van der Waals surface area contributed by atoms with Crippen molar-refractivity contribution in [3.8, 4) is 17.6 Å². The molecule has 0 aliphatic heterocycles. The van der Waals surface area contributed by atoms with E-state index < -0.39 is 15.7 Å². The number of hydrogen-bond acceptors (Lipinski definition) is 9. The Labute approximate surface area is 208 Å². The molecule has 11 heteroatoms. The average molecular weight is 513 g/mol. The van der Waals surface area contributed by atoms with Gasteiger partial charge in [-0.3, -0.25) is 10.1 Å². The Hall–Kier alpha value is -3.75. The Morgan fingerprint density at radius 1 is 1.14 bits per heavy atom. The van der Waals surface area contributed by atoms with Crippen LogP contribution >= 0.6 is 11.3 Å². The molecular formula is C24H24N4O5S2. The molecular weight excluding hydrogens is 488 g/mol. The molecule has 182 valence electrons. The minimum absolute atomic E-state index is 0.0157. The summed E-state index contributed by atoms with van der Waals surface area (Å²) >= 11 is 0.727. The molecule has 1 amide bonds. The normalized spacial score (nSPS) is 11.5. The smallest absolute Gasteiger partial charge is 0.268 e. The van der Waals surface area contributed by atoms with Crippen LogP contribution in [0.3, 0.4) is 0 Å². The number of anilines is 1. The number of hydrogen-bond donors (Lipinski definition) is 1. The zero-order valence-electron chi connectivity index (χ0n) is 19.4. The molecule has 0 radical (unpaired) electrons. The van der Waals surface area contributed by atoms with E-state index in [-0.39, 0.29) is 20.8 Å². The van der Waals surface area contributed by atoms with Crippen molar-refractivity contribution < 1.29 is 22.7 Å². The maximum absolute atomic E-state index is 12.6. The molecule has 1 aromatic heterocycles. The number of aromatic nitrogens is 2. The van der Waals surface area contributed by atoms with Gasteiger partial charge in [0.05, 0.1) is 12.4 Å². The summed E-state index contributed by atoms with van der Waals surface area (Å²) in [7, 11) is -3.54. The van der Waals surface area contributed by atoms with Crippen molar-refractivity contribution >= 4 is 38.3 Å².